The first-order valence-corrected chi connectivity index (χ1v) is 9.01. The lowest BCUT2D eigenvalue weighted by Crippen LogP contribution is -2.41. The van der Waals surface area contributed by atoms with Crippen molar-refractivity contribution in [2.45, 2.75) is 31.8 Å². The van der Waals surface area contributed by atoms with Crippen LogP contribution in [0.2, 0.25) is 0 Å². The first kappa shape index (κ1) is 16.1. The zero-order valence-corrected chi connectivity index (χ0v) is 14.7. The maximum atomic E-state index is 12.1. The average molecular weight is 352 g/mol. The highest BCUT2D eigenvalue weighted by atomic mass is 32.1. The van der Waals surface area contributed by atoms with Crippen LogP contribution in [0.25, 0.3) is 0 Å². The maximum absolute atomic E-state index is 12.1. The van der Waals surface area contributed by atoms with Crippen molar-refractivity contribution >= 4 is 28.8 Å². The van der Waals surface area contributed by atoms with E-state index in [9.17, 15) is 4.79 Å². The van der Waals surface area contributed by atoms with Gasteiger partial charge in [-0.05, 0) is 53.8 Å². The number of nitrogens with one attached hydrogen (secondary N) is 3. The van der Waals surface area contributed by atoms with Gasteiger partial charge in [0, 0.05) is 12.2 Å². The third kappa shape index (κ3) is 3.00. The van der Waals surface area contributed by atoms with Crippen molar-refractivity contribution in [2.75, 3.05) is 11.4 Å². The molecule has 128 valence electrons. The predicted octanol–water partition coefficient (Wildman–Crippen LogP) is 3.02. The molecule has 0 radical (unpaired) electrons. The number of thiocarbonyl (C=S) groups is 1. The van der Waals surface area contributed by atoms with Crippen LogP contribution in [0.15, 0.2) is 42.3 Å². The minimum absolute atomic E-state index is 0.175. The summed E-state index contributed by atoms with van der Waals surface area (Å²) in [5, 5.41) is 9.14. The Morgan fingerprint density at radius 2 is 2.12 bits per heavy atom. The minimum Gasteiger partial charge on any atom is -0.355 e. The summed E-state index contributed by atoms with van der Waals surface area (Å²) < 4.78 is 0. The summed E-state index contributed by atoms with van der Waals surface area (Å²) in [7, 11) is 0. The molecule has 1 fully saturated rings. The number of hydrogen-bond acceptors (Lipinski definition) is 4. The Labute approximate surface area is 152 Å². The number of rotatable bonds is 3. The molecule has 2 aliphatic rings. The van der Waals surface area contributed by atoms with Crippen molar-refractivity contribution in [2.24, 2.45) is 0 Å². The molecule has 1 aromatic heterocycles. The predicted molar refractivity (Wildman–Crippen MR) is 102 cm³/mol. The molecule has 1 aromatic carbocycles. The molecule has 0 bridgehead atoms. The summed E-state index contributed by atoms with van der Waals surface area (Å²) in [6.07, 6.45) is 5.41. The molecule has 5 nitrogen and oxygen atoms in total. The number of nitrogens with zero attached hydrogens (tertiary/aromatic N) is 1. The first-order chi connectivity index (χ1) is 12.3. The molecule has 1 saturated heterocycles. The van der Waals surface area contributed by atoms with E-state index in [0.717, 1.165) is 18.7 Å². The van der Waals surface area contributed by atoms with Crippen LogP contribution in [-0.4, -0.2) is 22.5 Å². The molecule has 2 aliphatic heterocycles. The van der Waals surface area contributed by atoms with Gasteiger partial charge in [-0.2, -0.15) is 0 Å². The van der Waals surface area contributed by atoms with Gasteiger partial charge in [0.15, 0.2) is 5.82 Å². The molecule has 2 aromatic rings. The van der Waals surface area contributed by atoms with Crippen LogP contribution in [0.5, 0.6) is 0 Å². The topological polar surface area (TPSA) is 60.2 Å². The van der Waals surface area contributed by atoms with E-state index in [1.165, 1.54) is 24.0 Å². The Kier molecular flexibility index (Phi) is 4.40. The number of aromatic amines is 1. The molecule has 25 heavy (non-hydrogen) atoms. The van der Waals surface area contributed by atoms with Crippen molar-refractivity contribution in [3.05, 3.63) is 59.2 Å². The van der Waals surface area contributed by atoms with Crippen molar-refractivity contribution in [1.82, 2.24) is 15.6 Å². The normalized spacial score (nSPS) is 20.0. The second-order valence-corrected chi connectivity index (χ2v) is 6.63. The highest BCUT2D eigenvalue weighted by molar-refractivity contribution is 7.78. The first-order valence-electron chi connectivity index (χ1n) is 8.60. The third-order valence-electron chi connectivity index (χ3n) is 4.91. The molecular weight excluding hydrogens is 332 g/mol. The Balaban J connectivity index is 1.69. The fraction of sp³-hybridized carbons (Fsp3) is 0.316. The summed E-state index contributed by atoms with van der Waals surface area (Å²) in [5.74, 6) is 0.351. The highest BCUT2D eigenvalue weighted by Crippen LogP contribution is 2.31. The Hall–Kier alpha value is -2.40. The number of anilines is 1. The lowest BCUT2D eigenvalue weighted by molar-refractivity contribution is 0.0957. The fourth-order valence-corrected chi connectivity index (χ4v) is 3.84. The molecule has 0 spiro atoms. The molecule has 3 N–H and O–H groups in total. The molecule has 0 aliphatic carbocycles. The molecule has 4 rings (SSSR count). The number of carbonyl (C=O) groups is 1. The number of fused-ring (bicyclic) bond motifs is 1. The smallest absolute Gasteiger partial charge is 0.275 e. The van der Waals surface area contributed by atoms with E-state index in [2.05, 4.69) is 44.9 Å². The molecular formula is C19H20N4OS. The fourth-order valence-electron chi connectivity index (χ4n) is 3.68. The van der Waals surface area contributed by atoms with Crippen molar-refractivity contribution < 1.29 is 4.79 Å². The molecule has 1 amide bonds. The lowest BCUT2D eigenvalue weighted by atomic mass is 9.93. The van der Waals surface area contributed by atoms with E-state index in [0.29, 0.717) is 24.1 Å². The minimum atomic E-state index is -0.175. The Bertz CT molecular complexity index is 847. The summed E-state index contributed by atoms with van der Waals surface area (Å²) in [6.45, 7) is 1.70. The van der Waals surface area contributed by atoms with Gasteiger partial charge in [0.05, 0.1) is 12.2 Å². The van der Waals surface area contributed by atoms with Gasteiger partial charge in [0.1, 0.15) is 5.69 Å². The summed E-state index contributed by atoms with van der Waals surface area (Å²) in [6, 6.07) is 10.8. The van der Waals surface area contributed by atoms with Crippen LogP contribution < -0.4 is 15.5 Å². The van der Waals surface area contributed by atoms with Crippen LogP contribution in [0, 0.1) is 0 Å². The van der Waals surface area contributed by atoms with Crippen molar-refractivity contribution in [1.29, 1.82) is 0 Å². The molecule has 3 heterocycles. The van der Waals surface area contributed by atoms with Crippen molar-refractivity contribution in [3.63, 3.8) is 0 Å². The number of hydrogen-bond donors (Lipinski definition) is 3. The number of carbonyl (C=O) groups excluding carboxylic acids is 1. The van der Waals surface area contributed by atoms with E-state index in [1.807, 2.05) is 11.0 Å². The molecule has 1 atom stereocenters. The largest absolute Gasteiger partial charge is 0.355 e. The van der Waals surface area contributed by atoms with Crippen molar-refractivity contribution in [3.8, 4) is 0 Å². The number of amides is 1. The van der Waals surface area contributed by atoms with E-state index in [1.54, 1.807) is 6.20 Å². The van der Waals surface area contributed by atoms with E-state index in [-0.39, 0.29) is 5.91 Å². The number of H-pyrrole nitrogens is 1. The zero-order chi connectivity index (χ0) is 17.2. The van der Waals surface area contributed by atoms with Gasteiger partial charge < -0.3 is 15.2 Å². The van der Waals surface area contributed by atoms with E-state index in [4.69, 9.17) is 12.2 Å². The standard InChI is InChI=1S/C19H20N4OS/c24-19-18-16(8-10-21-18)23(17(12-25)22-19)11-13-5-1-2-6-14(13)15-7-3-4-9-20-15/h1-2,5-6,8,10,15,20-21H,3-4,7,9,11H2,(H,22,24). The SMILES string of the molecule is O=C1NC(=C=S)N(Cc2ccccc2C2CCCCN2)c2cc[nH]c21. The van der Waals surface area contributed by atoms with Gasteiger partial charge in [-0.3, -0.25) is 10.1 Å². The number of benzene rings is 1. The van der Waals surface area contributed by atoms with Gasteiger partial charge in [-0.15, -0.1) is 0 Å². The quantitative estimate of drug-likeness (QED) is 0.743. The van der Waals surface area contributed by atoms with Gasteiger partial charge in [0.25, 0.3) is 5.91 Å². The molecule has 6 heteroatoms. The summed E-state index contributed by atoms with van der Waals surface area (Å²) in [4.78, 5) is 17.2. The summed E-state index contributed by atoms with van der Waals surface area (Å²) in [5.41, 5.74) is 3.94. The monoisotopic (exact) mass is 352 g/mol. The second-order valence-electron chi connectivity index (χ2n) is 6.43. The van der Waals surface area contributed by atoms with Crippen LogP contribution in [-0.2, 0) is 6.54 Å². The molecule has 0 saturated carbocycles. The van der Waals surface area contributed by atoms with Gasteiger partial charge in [-0.25, -0.2) is 0 Å². The Morgan fingerprint density at radius 3 is 2.92 bits per heavy atom. The van der Waals surface area contributed by atoms with Crippen LogP contribution >= 0.6 is 12.2 Å². The van der Waals surface area contributed by atoms with Gasteiger partial charge >= 0.3 is 0 Å². The van der Waals surface area contributed by atoms with Crippen LogP contribution in [0.4, 0.5) is 5.69 Å². The second kappa shape index (κ2) is 6.84. The number of piperidine rings is 1. The lowest BCUT2D eigenvalue weighted by Gasteiger charge is -2.32. The highest BCUT2D eigenvalue weighted by Gasteiger charge is 2.29. The summed E-state index contributed by atoms with van der Waals surface area (Å²) >= 11 is 5.01. The number of aromatic nitrogens is 1. The molecule has 1 unspecified atom stereocenters. The van der Waals surface area contributed by atoms with Gasteiger partial charge in [0.2, 0.25) is 0 Å². The maximum Gasteiger partial charge on any atom is 0.275 e. The Morgan fingerprint density at radius 1 is 1.24 bits per heavy atom. The van der Waals surface area contributed by atoms with Gasteiger partial charge in [-0.1, -0.05) is 30.7 Å². The zero-order valence-electron chi connectivity index (χ0n) is 13.8. The third-order valence-corrected chi connectivity index (χ3v) is 5.10. The van der Waals surface area contributed by atoms with Crippen LogP contribution in [0.1, 0.15) is 46.9 Å². The van der Waals surface area contributed by atoms with Crippen LogP contribution in [0.3, 0.4) is 0 Å². The van der Waals surface area contributed by atoms with E-state index >= 15 is 0 Å². The van der Waals surface area contributed by atoms with E-state index < -0.39 is 0 Å². The average Bonchev–Trinajstić information content (AvgIpc) is 3.15.